The molecule has 0 atom stereocenters. The number of benzene rings is 2. The first kappa shape index (κ1) is 23.8. The fourth-order valence-electron chi connectivity index (χ4n) is 2.51. The SMILES string of the molecule is CCNC(=O)c1ccc(NC(=S)NC(=O)c2cc(Br)ccc2OCCC(C)C)cc1. The summed E-state index contributed by atoms with van der Waals surface area (Å²) in [5, 5.41) is 8.51. The Kier molecular flexibility index (Phi) is 9.26. The molecule has 0 saturated carbocycles. The van der Waals surface area contributed by atoms with Crippen LogP contribution in [0.4, 0.5) is 5.69 Å². The minimum atomic E-state index is -0.368. The minimum absolute atomic E-state index is 0.139. The average Bonchev–Trinajstić information content (AvgIpc) is 2.69. The van der Waals surface area contributed by atoms with Crippen molar-refractivity contribution in [3.05, 3.63) is 58.1 Å². The number of ether oxygens (including phenoxy) is 1. The lowest BCUT2D eigenvalue weighted by Gasteiger charge is -2.14. The van der Waals surface area contributed by atoms with Crippen molar-refractivity contribution < 1.29 is 14.3 Å². The van der Waals surface area contributed by atoms with E-state index in [-0.39, 0.29) is 16.9 Å². The molecule has 0 radical (unpaired) electrons. The van der Waals surface area contributed by atoms with Crippen LogP contribution in [0.2, 0.25) is 0 Å². The summed E-state index contributed by atoms with van der Waals surface area (Å²) in [5.74, 6) is 0.506. The smallest absolute Gasteiger partial charge is 0.261 e. The number of hydrogen-bond acceptors (Lipinski definition) is 4. The van der Waals surface area contributed by atoms with Gasteiger partial charge in [-0.3, -0.25) is 14.9 Å². The number of anilines is 1. The second-order valence-corrected chi connectivity index (χ2v) is 8.34. The molecule has 0 spiro atoms. The number of hydrogen-bond donors (Lipinski definition) is 3. The van der Waals surface area contributed by atoms with Crippen LogP contribution in [0.3, 0.4) is 0 Å². The molecule has 6 nitrogen and oxygen atoms in total. The predicted molar refractivity (Wildman–Crippen MR) is 127 cm³/mol. The topological polar surface area (TPSA) is 79.5 Å². The first-order valence-electron chi connectivity index (χ1n) is 9.73. The number of carbonyl (C=O) groups is 2. The van der Waals surface area contributed by atoms with E-state index in [1.807, 2.05) is 13.0 Å². The van der Waals surface area contributed by atoms with E-state index < -0.39 is 0 Å². The summed E-state index contributed by atoms with van der Waals surface area (Å²) in [6, 6.07) is 12.1. The van der Waals surface area contributed by atoms with Gasteiger partial charge in [-0.05, 0) is 73.9 Å². The van der Waals surface area contributed by atoms with Crippen molar-refractivity contribution in [2.45, 2.75) is 27.2 Å². The zero-order chi connectivity index (χ0) is 22.1. The van der Waals surface area contributed by atoms with Crippen LogP contribution in [0, 0.1) is 5.92 Å². The van der Waals surface area contributed by atoms with E-state index in [4.69, 9.17) is 17.0 Å². The predicted octanol–water partition coefficient (Wildman–Crippen LogP) is 4.75. The Morgan fingerprint density at radius 3 is 2.43 bits per heavy atom. The number of thiocarbonyl (C=S) groups is 1. The Morgan fingerprint density at radius 1 is 1.10 bits per heavy atom. The van der Waals surface area contributed by atoms with Crippen LogP contribution in [0.1, 0.15) is 47.9 Å². The lowest BCUT2D eigenvalue weighted by molar-refractivity contribution is 0.0952. The molecule has 3 N–H and O–H groups in total. The lowest BCUT2D eigenvalue weighted by Crippen LogP contribution is -2.34. The highest BCUT2D eigenvalue weighted by molar-refractivity contribution is 9.10. The highest BCUT2D eigenvalue weighted by Crippen LogP contribution is 2.24. The third-order valence-corrected chi connectivity index (χ3v) is 4.81. The molecule has 2 aromatic rings. The van der Waals surface area contributed by atoms with Gasteiger partial charge in [0.25, 0.3) is 11.8 Å². The van der Waals surface area contributed by atoms with E-state index >= 15 is 0 Å². The van der Waals surface area contributed by atoms with Gasteiger partial charge in [0.1, 0.15) is 5.75 Å². The monoisotopic (exact) mass is 491 g/mol. The molecule has 0 aliphatic rings. The molecule has 0 aliphatic heterocycles. The summed E-state index contributed by atoms with van der Waals surface area (Å²) in [6.07, 6.45) is 0.892. The lowest BCUT2D eigenvalue weighted by atomic mass is 10.1. The summed E-state index contributed by atoms with van der Waals surface area (Å²) in [7, 11) is 0. The zero-order valence-corrected chi connectivity index (χ0v) is 19.7. The van der Waals surface area contributed by atoms with E-state index in [0.717, 1.165) is 10.9 Å². The Hall–Kier alpha value is -2.45. The number of nitrogens with one attached hydrogen (secondary N) is 3. The average molecular weight is 492 g/mol. The summed E-state index contributed by atoms with van der Waals surface area (Å²) in [6.45, 7) is 7.19. The number of rotatable bonds is 8. The largest absolute Gasteiger partial charge is 0.493 e. The van der Waals surface area contributed by atoms with Crippen molar-refractivity contribution >= 4 is 50.8 Å². The first-order chi connectivity index (χ1) is 14.3. The van der Waals surface area contributed by atoms with Crippen molar-refractivity contribution in [3.63, 3.8) is 0 Å². The molecule has 160 valence electrons. The molecule has 0 fully saturated rings. The number of carbonyl (C=O) groups excluding carboxylic acids is 2. The molecule has 2 aromatic carbocycles. The maximum absolute atomic E-state index is 12.7. The van der Waals surface area contributed by atoms with Crippen molar-refractivity contribution in [1.82, 2.24) is 10.6 Å². The first-order valence-corrected chi connectivity index (χ1v) is 10.9. The van der Waals surface area contributed by atoms with Gasteiger partial charge in [-0.1, -0.05) is 29.8 Å². The minimum Gasteiger partial charge on any atom is -0.493 e. The van der Waals surface area contributed by atoms with E-state index in [2.05, 4.69) is 45.7 Å². The third kappa shape index (κ3) is 7.42. The molecule has 0 saturated heterocycles. The highest BCUT2D eigenvalue weighted by Gasteiger charge is 2.15. The molecule has 30 heavy (non-hydrogen) atoms. The second kappa shape index (κ2) is 11.7. The van der Waals surface area contributed by atoms with Crippen molar-refractivity contribution in [2.24, 2.45) is 5.92 Å². The summed E-state index contributed by atoms with van der Waals surface area (Å²) in [5.41, 5.74) is 1.61. The standard InChI is InChI=1S/C22H26BrN3O3S/c1-4-24-20(27)15-5-8-17(9-6-15)25-22(30)26-21(28)18-13-16(23)7-10-19(18)29-12-11-14(2)3/h5-10,13-14H,4,11-12H2,1-3H3,(H,24,27)(H2,25,26,28,30). The van der Waals surface area contributed by atoms with Crippen LogP contribution in [0.15, 0.2) is 46.9 Å². The normalized spacial score (nSPS) is 10.4. The van der Waals surface area contributed by atoms with Gasteiger partial charge in [0.2, 0.25) is 0 Å². The number of amides is 2. The Balaban J connectivity index is 2.01. The molecule has 0 bridgehead atoms. The summed E-state index contributed by atoms with van der Waals surface area (Å²) < 4.78 is 6.56. The van der Waals surface area contributed by atoms with Crippen LogP contribution < -0.4 is 20.7 Å². The van der Waals surface area contributed by atoms with Crippen LogP contribution in [0.25, 0.3) is 0 Å². The van der Waals surface area contributed by atoms with Crippen molar-refractivity contribution in [3.8, 4) is 5.75 Å². The van der Waals surface area contributed by atoms with Crippen LogP contribution in [0.5, 0.6) is 5.75 Å². The molecule has 8 heteroatoms. The molecular weight excluding hydrogens is 466 g/mol. The van der Waals surface area contributed by atoms with E-state index in [0.29, 0.717) is 41.6 Å². The Labute approximate surface area is 190 Å². The molecule has 2 amide bonds. The van der Waals surface area contributed by atoms with Gasteiger partial charge in [0.05, 0.1) is 12.2 Å². The molecular formula is C22H26BrN3O3S. The third-order valence-electron chi connectivity index (χ3n) is 4.11. The fourth-order valence-corrected chi connectivity index (χ4v) is 3.08. The number of halogens is 1. The quantitative estimate of drug-likeness (QED) is 0.464. The molecule has 0 heterocycles. The molecule has 0 aliphatic carbocycles. The maximum Gasteiger partial charge on any atom is 0.261 e. The van der Waals surface area contributed by atoms with Crippen LogP contribution in [-0.4, -0.2) is 30.1 Å². The molecule has 0 unspecified atom stereocenters. The maximum atomic E-state index is 12.7. The Morgan fingerprint density at radius 2 is 1.80 bits per heavy atom. The van der Waals surface area contributed by atoms with Crippen LogP contribution in [-0.2, 0) is 0 Å². The van der Waals surface area contributed by atoms with Gasteiger partial charge in [0.15, 0.2) is 5.11 Å². The summed E-state index contributed by atoms with van der Waals surface area (Å²) in [4.78, 5) is 24.6. The van der Waals surface area contributed by atoms with E-state index in [1.54, 1.807) is 36.4 Å². The van der Waals surface area contributed by atoms with Gasteiger partial charge in [-0.15, -0.1) is 0 Å². The van der Waals surface area contributed by atoms with E-state index in [1.165, 1.54) is 0 Å². The van der Waals surface area contributed by atoms with Crippen molar-refractivity contribution in [1.29, 1.82) is 0 Å². The highest BCUT2D eigenvalue weighted by atomic mass is 79.9. The fraction of sp³-hybridized carbons (Fsp3) is 0.318. The zero-order valence-electron chi connectivity index (χ0n) is 17.3. The molecule has 0 aromatic heterocycles. The van der Waals surface area contributed by atoms with Gasteiger partial charge in [0, 0.05) is 22.3 Å². The van der Waals surface area contributed by atoms with E-state index in [9.17, 15) is 9.59 Å². The van der Waals surface area contributed by atoms with Gasteiger partial charge in [-0.25, -0.2) is 0 Å². The molecule has 2 rings (SSSR count). The van der Waals surface area contributed by atoms with Gasteiger partial charge < -0.3 is 15.4 Å². The summed E-state index contributed by atoms with van der Waals surface area (Å²) >= 11 is 8.65. The van der Waals surface area contributed by atoms with Crippen LogP contribution >= 0.6 is 28.1 Å². The van der Waals surface area contributed by atoms with Gasteiger partial charge >= 0.3 is 0 Å². The van der Waals surface area contributed by atoms with Crippen molar-refractivity contribution in [2.75, 3.05) is 18.5 Å². The Bertz CT molecular complexity index is 901. The van der Waals surface area contributed by atoms with Gasteiger partial charge in [-0.2, -0.15) is 0 Å². The second-order valence-electron chi connectivity index (χ2n) is 7.02.